The zero-order valence-electron chi connectivity index (χ0n) is 13.9. The van der Waals surface area contributed by atoms with Crippen LogP contribution in [-0.2, 0) is 13.0 Å². The Bertz CT molecular complexity index is 1150. The number of fused-ring (bicyclic) bond motifs is 2. The Balaban J connectivity index is 1.77. The van der Waals surface area contributed by atoms with Crippen LogP contribution >= 0.6 is 0 Å². The van der Waals surface area contributed by atoms with Gasteiger partial charge in [-0.25, -0.2) is 13.8 Å². The second-order valence-electron chi connectivity index (χ2n) is 6.52. The largest absolute Gasteiger partial charge is 0.327 e. The normalized spacial score (nSPS) is 13.3. The molecular formula is C21H15F2N3. The highest BCUT2D eigenvalue weighted by Gasteiger charge is 2.25. The third kappa shape index (κ3) is 2.31. The van der Waals surface area contributed by atoms with E-state index in [2.05, 4.69) is 15.6 Å². The number of rotatable bonds is 2. The van der Waals surface area contributed by atoms with E-state index in [4.69, 9.17) is 4.98 Å². The predicted octanol–water partition coefficient (Wildman–Crippen LogP) is 4.99. The first-order chi connectivity index (χ1) is 12.7. The first kappa shape index (κ1) is 15.2. The number of hydrogen-bond acceptors (Lipinski definition) is 2. The van der Waals surface area contributed by atoms with Crippen LogP contribution in [0.3, 0.4) is 0 Å². The molecule has 5 heteroatoms. The van der Waals surface area contributed by atoms with E-state index >= 15 is 0 Å². The number of hydrogen-bond donors (Lipinski definition) is 0. The van der Waals surface area contributed by atoms with Gasteiger partial charge in [0.2, 0.25) is 0 Å². The lowest BCUT2D eigenvalue weighted by atomic mass is 10.0. The van der Waals surface area contributed by atoms with Crippen LogP contribution in [0.15, 0.2) is 54.7 Å². The number of aromatic nitrogens is 3. The zero-order chi connectivity index (χ0) is 17.7. The number of nitrogens with zero attached hydrogens (tertiary/aromatic N) is 3. The molecule has 0 spiro atoms. The van der Waals surface area contributed by atoms with E-state index in [1.165, 1.54) is 12.1 Å². The molecular weight excluding hydrogens is 332 g/mol. The average Bonchev–Trinajstić information content (AvgIpc) is 3.22. The third-order valence-electron chi connectivity index (χ3n) is 4.89. The van der Waals surface area contributed by atoms with Gasteiger partial charge in [-0.15, -0.1) is 0 Å². The topological polar surface area (TPSA) is 30.7 Å². The first-order valence-electron chi connectivity index (χ1n) is 8.61. The van der Waals surface area contributed by atoms with Crippen molar-refractivity contribution in [3.63, 3.8) is 0 Å². The van der Waals surface area contributed by atoms with Gasteiger partial charge in [0, 0.05) is 41.7 Å². The SMILES string of the molecule is Fc1ccc(-c2nc3n(c2-c2ccc4ncccc4c2)CCC3)c(F)c1. The van der Waals surface area contributed by atoms with Gasteiger partial charge in [0.25, 0.3) is 0 Å². The minimum absolute atomic E-state index is 0.328. The predicted molar refractivity (Wildman–Crippen MR) is 96.6 cm³/mol. The van der Waals surface area contributed by atoms with Gasteiger partial charge in [0.1, 0.15) is 17.5 Å². The molecule has 0 aliphatic carbocycles. The Labute approximate surface area is 149 Å². The van der Waals surface area contributed by atoms with Crippen molar-refractivity contribution in [3.8, 4) is 22.5 Å². The average molecular weight is 347 g/mol. The summed E-state index contributed by atoms with van der Waals surface area (Å²) in [6.07, 6.45) is 3.65. The first-order valence-corrected chi connectivity index (χ1v) is 8.61. The molecule has 0 saturated heterocycles. The number of halogens is 2. The summed E-state index contributed by atoms with van der Waals surface area (Å²) < 4.78 is 29.9. The van der Waals surface area contributed by atoms with Gasteiger partial charge >= 0.3 is 0 Å². The summed E-state index contributed by atoms with van der Waals surface area (Å²) in [5.41, 5.74) is 3.65. The maximum absolute atomic E-state index is 14.4. The molecule has 0 amide bonds. The molecule has 2 aromatic carbocycles. The fourth-order valence-corrected chi connectivity index (χ4v) is 3.71. The highest BCUT2D eigenvalue weighted by atomic mass is 19.1. The van der Waals surface area contributed by atoms with E-state index in [-0.39, 0.29) is 0 Å². The Morgan fingerprint density at radius 2 is 1.92 bits per heavy atom. The maximum Gasteiger partial charge on any atom is 0.135 e. The zero-order valence-corrected chi connectivity index (χ0v) is 13.9. The van der Waals surface area contributed by atoms with Gasteiger partial charge in [0.15, 0.2) is 0 Å². The molecule has 3 nitrogen and oxygen atoms in total. The number of imidazole rings is 1. The summed E-state index contributed by atoms with van der Waals surface area (Å²) in [6.45, 7) is 0.853. The van der Waals surface area contributed by atoms with Crippen LogP contribution in [0, 0.1) is 11.6 Å². The van der Waals surface area contributed by atoms with Crippen molar-refractivity contribution in [3.05, 3.63) is 72.2 Å². The van der Waals surface area contributed by atoms with Crippen LogP contribution in [0.2, 0.25) is 0 Å². The highest BCUT2D eigenvalue weighted by molar-refractivity contribution is 5.87. The van der Waals surface area contributed by atoms with Crippen molar-refractivity contribution in [1.82, 2.24) is 14.5 Å². The molecule has 0 N–H and O–H groups in total. The van der Waals surface area contributed by atoms with Crippen molar-refractivity contribution in [2.45, 2.75) is 19.4 Å². The Kier molecular flexibility index (Phi) is 3.35. The Hall–Kier alpha value is -3.08. The molecule has 2 aromatic heterocycles. The molecule has 0 radical (unpaired) electrons. The van der Waals surface area contributed by atoms with Crippen LogP contribution in [0.4, 0.5) is 8.78 Å². The van der Waals surface area contributed by atoms with Crippen LogP contribution in [0.25, 0.3) is 33.4 Å². The van der Waals surface area contributed by atoms with Crippen molar-refractivity contribution < 1.29 is 8.78 Å². The lowest BCUT2D eigenvalue weighted by molar-refractivity contribution is 0.585. The van der Waals surface area contributed by atoms with E-state index in [9.17, 15) is 8.78 Å². The lowest BCUT2D eigenvalue weighted by Gasteiger charge is -2.10. The summed E-state index contributed by atoms with van der Waals surface area (Å²) in [6, 6.07) is 13.6. The third-order valence-corrected chi connectivity index (χ3v) is 4.89. The molecule has 0 unspecified atom stereocenters. The van der Waals surface area contributed by atoms with E-state index in [0.717, 1.165) is 53.4 Å². The molecule has 5 rings (SSSR count). The van der Waals surface area contributed by atoms with Gasteiger partial charge in [-0.05, 0) is 36.8 Å². The molecule has 0 atom stereocenters. The lowest BCUT2D eigenvalue weighted by Crippen LogP contribution is -1.97. The fraction of sp³-hybridized carbons (Fsp3) is 0.143. The second-order valence-corrected chi connectivity index (χ2v) is 6.52. The summed E-state index contributed by atoms with van der Waals surface area (Å²) in [5, 5.41) is 1.02. The standard InChI is InChI=1S/C21H15F2N3/c22-15-6-7-16(17(23)12-15)20-21(26-10-2-4-19(26)25-20)14-5-8-18-13(11-14)3-1-9-24-18/h1,3,5-9,11-12H,2,4,10H2. The molecule has 0 bridgehead atoms. The summed E-state index contributed by atoms with van der Waals surface area (Å²) in [4.78, 5) is 9.05. The van der Waals surface area contributed by atoms with Crippen molar-refractivity contribution in [2.24, 2.45) is 0 Å². The van der Waals surface area contributed by atoms with E-state index in [1.54, 1.807) is 6.20 Å². The molecule has 4 aromatic rings. The molecule has 128 valence electrons. The van der Waals surface area contributed by atoms with Gasteiger partial charge in [-0.1, -0.05) is 12.1 Å². The minimum atomic E-state index is -0.592. The van der Waals surface area contributed by atoms with Crippen LogP contribution in [-0.4, -0.2) is 14.5 Å². The van der Waals surface area contributed by atoms with Crippen LogP contribution in [0.5, 0.6) is 0 Å². The van der Waals surface area contributed by atoms with Crippen LogP contribution < -0.4 is 0 Å². The number of pyridine rings is 1. The molecule has 0 saturated carbocycles. The van der Waals surface area contributed by atoms with E-state index in [1.807, 2.05) is 24.3 Å². The van der Waals surface area contributed by atoms with E-state index < -0.39 is 11.6 Å². The second kappa shape index (κ2) is 5.73. The van der Waals surface area contributed by atoms with Gasteiger partial charge in [0.05, 0.1) is 16.9 Å². The monoisotopic (exact) mass is 347 g/mol. The maximum atomic E-state index is 14.4. The molecule has 3 heterocycles. The van der Waals surface area contributed by atoms with Crippen molar-refractivity contribution >= 4 is 10.9 Å². The van der Waals surface area contributed by atoms with Crippen molar-refractivity contribution in [1.29, 1.82) is 0 Å². The summed E-state index contributed by atoms with van der Waals surface area (Å²) in [5.74, 6) is -0.230. The Morgan fingerprint density at radius 3 is 2.81 bits per heavy atom. The van der Waals surface area contributed by atoms with Gasteiger partial charge < -0.3 is 4.57 Å². The molecule has 26 heavy (non-hydrogen) atoms. The Morgan fingerprint density at radius 1 is 1.00 bits per heavy atom. The van der Waals surface area contributed by atoms with Gasteiger partial charge in [-0.3, -0.25) is 4.98 Å². The van der Waals surface area contributed by atoms with E-state index in [0.29, 0.717) is 11.3 Å². The molecule has 1 aliphatic heterocycles. The summed E-state index contributed by atoms with van der Waals surface area (Å²) >= 11 is 0. The minimum Gasteiger partial charge on any atom is -0.327 e. The number of benzene rings is 2. The fourth-order valence-electron chi connectivity index (χ4n) is 3.71. The molecule has 1 aliphatic rings. The quantitative estimate of drug-likeness (QED) is 0.511. The summed E-state index contributed by atoms with van der Waals surface area (Å²) in [7, 11) is 0. The van der Waals surface area contributed by atoms with Crippen molar-refractivity contribution in [2.75, 3.05) is 0 Å². The van der Waals surface area contributed by atoms with Gasteiger partial charge in [-0.2, -0.15) is 0 Å². The molecule has 0 fully saturated rings. The smallest absolute Gasteiger partial charge is 0.135 e. The highest BCUT2D eigenvalue weighted by Crippen LogP contribution is 2.37. The van der Waals surface area contributed by atoms with Crippen LogP contribution in [0.1, 0.15) is 12.2 Å². The number of aryl methyl sites for hydroxylation is 1.